The highest BCUT2D eigenvalue weighted by atomic mass is 15.3. The molecular formula is C20H19N9. The summed E-state index contributed by atoms with van der Waals surface area (Å²) in [6, 6.07) is 10.1. The topological polar surface area (TPSA) is 112 Å². The monoisotopic (exact) mass is 385 g/mol. The largest absolute Gasteiger partial charge is 0.370 e. The molecule has 0 radical (unpaired) electrons. The fourth-order valence-corrected chi connectivity index (χ4v) is 4.12. The molecule has 1 saturated heterocycles. The third-order valence-electron chi connectivity index (χ3n) is 5.56. The number of pyridine rings is 1. The third-order valence-corrected chi connectivity index (χ3v) is 5.56. The van der Waals surface area contributed by atoms with Crippen molar-refractivity contribution in [3.8, 4) is 17.2 Å². The van der Waals surface area contributed by atoms with Crippen molar-refractivity contribution in [2.75, 3.05) is 18.0 Å². The Hall–Kier alpha value is -3.80. The summed E-state index contributed by atoms with van der Waals surface area (Å²) in [5.41, 5.74) is 4.82. The molecular weight excluding hydrogens is 366 g/mol. The molecule has 9 nitrogen and oxygen atoms in total. The minimum Gasteiger partial charge on any atom is -0.370 e. The van der Waals surface area contributed by atoms with E-state index in [9.17, 15) is 5.26 Å². The summed E-state index contributed by atoms with van der Waals surface area (Å²) >= 11 is 0. The van der Waals surface area contributed by atoms with Crippen LogP contribution in [0.4, 0.5) is 5.69 Å². The van der Waals surface area contributed by atoms with E-state index in [1.807, 2.05) is 35.9 Å². The minimum atomic E-state index is 0.379. The lowest BCUT2D eigenvalue weighted by Gasteiger charge is -2.35. The summed E-state index contributed by atoms with van der Waals surface area (Å²) in [6.07, 6.45) is 5.47. The van der Waals surface area contributed by atoms with Crippen LogP contribution in [0.5, 0.6) is 0 Å². The number of fused-ring (bicyclic) bond motifs is 1. The van der Waals surface area contributed by atoms with E-state index in [0.717, 1.165) is 48.6 Å². The first-order chi connectivity index (χ1) is 14.2. The lowest BCUT2D eigenvalue weighted by Crippen LogP contribution is -2.34. The van der Waals surface area contributed by atoms with Gasteiger partial charge in [-0.2, -0.15) is 15.6 Å². The fraction of sp³-hybridized carbons (Fsp3) is 0.300. The number of hydrogen-bond donors (Lipinski definition) is 1. The number of anilines is 1. The number of nitrogens with zero attached hydrogens (tertiary/aromatic N) is 8. The zero-order valence-corrected chi connectivity index (χ0v) is 15.9. The van der Waals surface area contributed by atoms with Crippen LogP contribution in [0.3, 0.4) is 0 Å². The van der Waals surface area contributed by atoms with E-state index in [-0.39, 0.29) is 0 Å². The average molecular weight is 385 g/mol. The maximum absolute atomic E-state index is 9.76. The normalized spacial score (nSPS) is 15.0. The van der Waals surface area contributed by atoms with Crippen LogP contribution in [0.2, 0.25) is 0 Å². The number of aromatic amines is 1. The molecule has 3 aromatic heterocycles. The van der Waals surface area contributed by atoms with Crippen molar-refractivity contribution in [1.82, 2.24) is 35.2 Å². The van der Waals surface area contributed by atoms with Gasteiger partial charge in [0.25, 0.3) is 0 Å². The van der Waals surface area contributed by atoms with Gasteiger partial charge >= 0.3 is 0 Å². The lowest BCUT2D eigenvalue weighted by atomic mass is 9.93. The Kier molecular flexibility index (Phi) is 4.17. The molecule has 1 N–H and O–H groups in total. The van der Waals surface area contributed by atoms with Crippen molar-refractivity contribution in [3.63, 3.8) is 0 Å². The summed E-state index contributed by atoms with van der Waals surface area (Å²) in [5, 5.41) is 28.8. The van der Waals surface area contributed by atoms with Gasteiger partial charge in [-0.05, 0) is 25.0 Å². The number of nitrogens with one attached hydrogen (secondary N) is 1. The molecule has 4 heterocycles. The van der Waals surface area contributed by atoms with E-state index >= 15 is 0 Å². The van der Waals surface area contributed by atoms with Gasteiger partial charge in [0.1, 0.15) is 23.7 Å². The van der Waals surface area contributed by atoms with Crippen molar-refractivity contribution in [1.29, 1.82) is 5.26 Å². The molecule has 5 rings (SSSR count). The number of benzene rings is 1. The Morgan fingerprint density at radius 1 is 1.21 bits per heavy atom. The van der Waals surface area contributed by atoms with Gasteiger partial charge in [0.2, 0.25) is 5.65 Å². The third kappa shape index (κ3) is 2.99. The number of nitriles is 1. The van der Waals surface area contributed by atoms with Gasteiger partial charge in [-0.1, -0.05) is 12.1 Å². The highest BCUT2D eigenvalue weighted by Crippen LogP contribution is 2.37. The molecule has 9 heteroatoms. The van der Waals surface area contributed by atoms with Crippen LogP contribution in [-0.2, 0) is 7.05 Å². The molecule has 0 bridgehead atoms. The first-order valence-corrected chi connectivity index (χ1v) is 9.53. The standard InChI is InChI=1S/C20H19N9/c1-28-12-23-26-20(28)13-5-7-29(8-6-13)18-14(10-21)3-2-4-16(18)15-9-17-19(22-11-15)25-27-24-17/h2-4,9,11-13H,5-8H2,1H3,(H,22,24,25,27). The second-order valence-corrected chi connectivity index (χ2v) is 7.27. The van der Waals surface area contributed by atoms with Gasteiger partial charge in [0, 0.05) is 43.4 Å². The SMILES string of the molecule is Cn1cnnc1C1CCN(c2c(C#N)cccc2-c2cnc3n[nH]nc3c2)CC1. The van der Waals surface area contributed by atoms with Crippen molar-refractivity contribution in [3.05, 3.63) is 48.2 Å². The number of H-pyrrole nitrogens is 1. The molecule has 0 aliphatic carbocycles. The Morgan fingerprint density at radius 2 is 2.07 bits per heavy atom. The van der Waals surface area contributed by atoms with Gasteiger partial charge in [0.05, 0.1) is 11.3 Å². The summed E-state index contributed by atoms with van der Waals surface area (Å²) in [7, 11) is 1.98. The first-order valence-electron chi connectivity index (χ1n) is 9.53. The van der Waals surface area contributed by atoms with Crippen LogP contribution in [0.25, 0.3) is 22.3 Å². The summed E-state index contributed by atoms with van der Waals surface area (Å²) in [6.45, 7) is 1.70. The molecule has 1 aliphatic heterocycles. The van der Waals surface area contributed by atoms with Crippen LogP contribution in [0, 0.1) is 11.3 Å². The van der Waals surface area contributed by atoms with Gasteiger partial charge in [0.15, 0.2) is 0 Å². The summed E-state index contributed by atoms with van der Waals surface area (Å²) < 4.78 is 1.99. The van der Waals surface area contributed by atoms with E-state index in [2.05, 4.69) is 41.6 Å². The number of piperidine rings is 1. The molecule has 1 aliphatic rings. The maximum Gasteiger partial charge on any atom is 0.201 e. The Labute approximate surface area is 167 Å². The van der Waals surface area contributed by atoms with Crippen LogP contribution in [0.15, 0.2) is 36.8 Å². The highest BCUT2D eigenvalue weighted by Gasteiger charge is 2.27. The number of para-hydroxylation sites is 1. The second kappa shape index (κ2) is 6.98. The predicted molar refractivity (Wildman–Crippen MR) is 107 cm³/mol. The van der Waals surface area contributed by atoms with E-state index in [1.54, 1.807) is 12.5 Å². The first kappa shape index (κ1) is 17.3. The van der Waals surface area contributed by atoms with Crippen LogP contribution in [-0.4, -0.2) is 48.2 Å². The van der Waals surface area contributed by atoms with Crippen LogP contribution in [0.1, 0.15) is 30.1 Å². The molecule has 0 unspecified atom stereocenters. The zero-order chi connectivity index (χ0) is 19.8. The molecule has 29 heavy (non-hydrogen) atoms. The number of hydrogen-bond acceptors (Lipinski definition) is 7. The van der Waals surface area contributed by atoms with E-state index in [0.29, 0.717) is 22.6 Å². The number of aromatic nitrogens is 7. The smallest absolute Gasteiger partial charge is 0.201 e. The minimum absolute atomic E-state index is 0.379. The lowest BCUT2D eigenvalue weighted by molar-refractivity contribution is 0.474. The van der Waals surface area contributed by atoms with E-state index < -0.39 is 0 Å². The fourth-order valence-electron chi connectivity index (χ4n) is 4.12. The van der Waals surface area contributed by atoms with Crippen molar-refractivity contribution >= 4 is 16.9 Å². The molecule has 4 aromatic rings. The zero-order valence-electron chi connectivity index (χ0n) is 15.9. The Bertz CT molecular complexity index is 1210. The van der Waals surface area contributed by atoms with Crippen molar-refractivity contribution in [2.45, 2.75) is 18.8 Å². The van der Waals surface area contributed by atoms with Gasteiger partial charge in [-0.25, -0.2) is 4.98 Å². The molecule has 0 atom stereocenters. The molecule has 144 valence electrons. The predicted octanol–water partition coefficient (Wildman–Crippen LogP) is 2.40. The van der Waals surface area contributed by atoms with Gasteiger partial charge in [-0.15, -0.1) is 15.3 Å². The highest BCUT2D eigenvalue weighted by molar-refractivity contribution is 5.86. The molecule has 1 fully saturated rings. The van der Waals surface area contributed by atoms with Gasteiger partial charge in [-0.3, -0.25) is 0 Å². The van der Waals surface area contributed by atoms with E-state index in [4.69, 9.17) is 0 Å². The van der Waals surface area contributed by atoms with Crippen molar-refractivity contribution in [2.24, 2.45) is 7.05 Å². The second-order valence-electron chi connectivity index (χ2n) is 7.27. The molecule has 0 spiro atoms. The van der Waals surface area contributed by atoms with Crippen LogP contribution >= 0.6 is 0 Å². The molecule has 0 saturated carbocycles. The Morgan fingerprint density at radius 3 is 2.83 bits per heavy atom. The number of rotatable bonds is 3. The summed E-state index contributed by atoms with van der Waals surface area (Å²) in [5.74, 6) is 1.41. The maximum atomic E-state index is 9.76. The van der Waals surface area contributed by atoms with Crippen molar-refractivity contribution < 1.29 is 0 Å². The van der Waals surface area contributed by atoms with Crippen LogP contribution < -0.4 is 4.90 Å². The van der Waals surface area contributed by atoms with Gasteiger partial charge < -0.3 is 9.47 Å². The average Bonchev–Trinajstić information content (AvgIpc) is 3.41. The quantitative estimate of drug-likeness (QED) is 0.576. The molecule has 0 amide bonds. The summed E-state index contributed by atoms with van der Waals surface area (Å²) in [4.78, 5) is 6.69. The number of aryl methyl sites for hydroxylation is 1. The molecule has 1 aromatic carbocycles. The Balaban J connectivity index is 1.50. The van der Waals surface area contributed by atoms with E-state index in [1.165, 1.54) is 0 Å².